The van der Waals surface area contributed by atoms with E-state index in [0.717, 1.165) is 19.4 Å². The highest BCUT2D eigenvalue weighted by Gasteiger charge is 2.29. The minimum absolute atomic E-state index is 0.0360. The number of hydrogen-bond acceptors (Lipinski definition) is 5. The average molecular weight is 392 g/mol. The van der Waals surface area contributed by atoms with E-state index < -0.39 is 0 Å². The molecule has 1 aromatic heterocycles. The molecule has 0 saturated carbocycles. The summed E-state index contributed by atoms with van der Waals surface area (Å²) in [5.41, 5.74) is 0.566. The lowest BCUT2D eigenvalue weighted by Gasteiger charge is -2.36. The largest absolute Gasteiger partial charge is 0.466 e. The van der Waals surface area contributed by atoms with Crippen LogP contribution in [-0.4, -0.2) is 72.7 Å². The van der Waals surface area contributed by atoms with Crippen LogP contribution >= 0.6 is 0 Å². The SMILES string of the molecule is Cc1cc(C(=O)N(CCC(=O)N2C[C@@H](C)O[C@H](C)C2)C[C@@H]2CCCO2)c(C)o1. The van der Waals surface area contributed by atoms with E-state index in [9.17, 15) is 9.59 Å². The second-order valence-electron chi connectivity index (χ2n) is 8.02. The maximum absolute atomic E-state index is 13.1. The van der Waals surface area contributed by atoms with Gasteiger partial charge in [-0.15, -0.1) is 0 Å². The van der Waals surface area contributed by atoms with Crippen LogP contribution in [0.4, 0.5) is 0 Å². The summed E-state index contributed by atoms with van der Waals surface area (Å²) in [4.78, 5) is 29.5. The number of hydrogen-bond donors (Lipinski definition) is 0. The Morgan fingerprint density at radius 1 is 1.21 bits per heavy atom. The molecule has 1 aromatic rings. The van der Waals surface area contributed by atoms with Crippen molar-refractivity contribution in [2.24, 2.45) is 0 Å². The van der Waals surface area contributed by atoms with E-state index in [1.54, 1.807) is 17.9 Å². The summed E-state index contributed by atoms with van der Waals surface area (Å²) in [6, 6.07) is 1.77. The third-order valence-corrected chi connectivity index (χ3v) is 5.37. The lowest BCUT2D eigenvalue weighted by atomic mass is 10.1. The molecule has 0 radical (unpaired) electrons. The van der Waals surface area contributed by atoms with Crippen LogP contribution in [0.3, 0.4) is 0 Å². The number of ether oxygens (including phenoxy) is 2. The molecule has 3 rings (SSSR count). The summed E-state index contributed by atoms with van der Waals surface area (Å²) in [6.07, 6.45) is 2.37. The Balaban J connectivity index is 1.65. The third-order valence-electron chi connectivity index (χ3n) is 5.37. The van der Waals surface area contributed by atoms with Crippen molar-refractivity contribution in [2.75, 3.05) is 32.8 Å². The second kappa shape index (κ2) is 9.09. The molecule has 2 saturated heterocycles. The lowest BCUT2D eigenvalue weighted by molar-refractivity contribution is -0.143. The van der Waals surface area contributed by atoms with Gasteiger partial charge in [-0.1, -0.05) is 0 Å². The Kier molecular flexibility index (Phi) is 6.78. The van der Waals surface area contributed by atoms with Gasteiger partial charge in [-0.3, -0.25) is 9.59 Å². The minimum Gasteiger partial charge on any atom is -0.466 e. The molecule has 2 aliphatic rings. The molecule has 0 N–H and O–H groups in total. The predicted octanol–water partition coefficient (Wildman–Crippen LogP) is 2.54. The van der Waals surface area contributed by atoms with E-state index in [1.165, 1.54) is 0 Å². The first kappa shape index (κ1) is 20.9. The van der Waals surface area contributed by atoms with Crippen LogP contribution in [0.25, 0.3) is 0 Å². The molecule has 0 aromatic carbocycles. The molecular formula is C21H32N2O5. The van der Waals surface area contributed by atoms with E-state index in [2.05, 4.69) is 0 Å². The fourth-order valence-corrected chi connectivity index (χ4v) is 4.09. The Labute approximate surface area is 166 Å². The number of furan rings is 1. The zero-order valence-corrected chi connectivity index (χ0v) is 17.4. The van der Waals surface area contributed by atoms with E-state index in [0.29, 0.717) is 49.7 Å². The standard InChI is InChI=1S/C21H32N2O5/c1-14-10-19(17(4)28-14)21(25)22(13-18-6-5-9-26-18)8-7-20(24)23-11-15(2)27-16(3)12-23/h10,15-16,18H,5-9,11-13H2,1-4H3/t15-,16-,18+/m1/s1. The zero-order chi connectivity index (χ0) is 20.3. The molecular weight excluding hydrogens is 360 g/mol. The number of amides is 2. The highest BCUT2D eigenvalue weighted by atomic mass is 16.5. The molecule has 3 heterocycles. The Hall–Kier alpha value is -1.86. The highest BCUT2D eigenvalue weighted by Crippen LogP contribution is 2.20. The first-order chi connectivity index (χ1) is 13.3. The van der Waals surface area contributed by atoms with Gasteiger partial charge in [-0.2, -0.15) is 0 Å². The number of rotatable bonds is 6. The van der Waals surface area contributed by atoms with Gasteiger partial charge >= 0.3 is 0 Å². The van der Waals surface area contributed by atoms with Crippen LogP contribution in [-0.2, 0) is 14.3 Å². The normalized spacial score (nSPS) is 25.1. The summed E-state index contributed by atoms with van der Waals surface area (Å²) in [5.74, 6) is 1.29. The van der Waals surface area contributed by atoms with Gasteiger partial charge in [0.25, 0.3) is 5.91 Å². The van der Waals surface area contributed by atoms with Crippen LogP contribution in [0.15, 0.2) is 10.5 Å². The molecule has 2 amide bonds. The monoisotopic (exact) mass is 392 g/mol. The maximum atomic E-state index is 13.1. The Morgan fingerprint density at radius 2 is 1.93 bits per heavy atom. The number of nitrogens with zero attached hydrogens (tertiary/aromatic N) is 2. The summed E-state index contributed by atoms with van der Waals surface area (Å²) in [5, 5.41) is 0. The topological polar surface area (TPSA) is 72.2 Å². The second-order valence-corrected chi connectivity index (χ2v) is 8.02. The van der Waals surface area contributed by atoms with Crippen LogP contribution < -0.4 is 0 Å². The van der Waals surface area contributed by atoms with Crippen LogP contribution in [0, 0.1) is 13.8 Å². The summed E-state index contributed by atoms with van der Waals surface area (Å²) in [6.45, 7) is 10.4. The quantitative estimate of drug-likeness (QED) is 0.744. The number of aryl methyl sites for hydroxylation is 2. The fourth-order valence-electron chi connectivity index (χ4n) is 4.09. The first-order valence-electron chi connectivity index (χ1n) is 10.2. The van der Waals surface area contributed by atoms with Crippen molar-refractivity contribution < 1.29 is 23.5 Å². The number of carbonyl (C=O) groups excluding carboxylic acids is 2. The molecule has 0 bridgehead atoms. The van der Waals surface area contributed by atoms with Crippen LogP contribution in [0.2, 0.25) is 0 Å². The van der Waals surface area contributed by atoms with Crippen molar-refractivity contribution in [1.82, 2.24) is 9.80 Å². The smallest absolute Gasteiger partial charge is 0.257 e. The fraction of sp³-hybridized carbons (Fsp3) is 0.714. The van der Waals surface area contributed by atoms with Gasteiger partial charge in [-0.25, -0.2) is 0 Å². The predicted molar refractivity (Wildman–Crippen MR) is 104 cm³/mol. The van der Waals surface area contributed by atoms with Crippen molar-refractivity contribution in [3.05, 3.63) is 23.2 Å². The summed E-state index contributed by atoms with van der Waals surface area (Å²) >= 11 is 0. The first-order valence-corrected chi connectivity index (χ1v) is 10.2. The van der Waals surface area contributed by atoms with Gasteiger partial charge in [0, 0.05) is 39.2 Å². The van der Waals surface area contributed by atoms with Crippen molar-refractivity contribution in [3.8, 4) is 0 Å². The van der Waals surface area contributed by atoms with Crippen molar-refractivity contribution in [1.29, 1.82) is 0 Å². The maximum Gasteiger partial charge on any atom is 0.257 e. The van der Waals surface area contributed by atoms with Gasteiger partial charge in [0.2, 0.25) is 5.91 Å². The summed E-state index contributed by atoms with van der Waals surface area (Å²) in [7, 11) is 0. The summed E-state index contributed by atoms with van der Waals surface area (Å²) < 4.78 is 17.0. The van der Waals surface area contributed by atoms with E-state index in [1.807, 2.05) is 25.7 Å². The molecule has 2 aliphatic heterocycles. The van der Waals surface area contributed by atoms with Crippen molar-refractivity contribution >= 4 is 11.8 Å². The van der Waals surface area contributed by atoms with E-state index >= 15 is 0 Å². The lowest BCUT2D eigenvalue weighted by Crippen LogP contribution is -2.49. The zero-order valence-electron chi connectivity index (χ0n) is 17.4. The van der Waals surface area contributed by atoms with Crippen LogP contribution in [0.1, 0.15) is 55.0 Å². The van der Waals surface area contributed by atoms with Crippen LogP contribution in [0.5, 0.6) is 0 Å². The van der Waals surface area contributed by atoms with E-state index in [4.69, 9.17) is 13.9 Å². The van der Waals surface area contributed by atoms with Crippen molar-refractivity contribution in [2.45, 2.75) is 65.3 Å². The molecule has 0 unspecified atom stereocenters. The third kappa shape index (κ3) is 5.14. The molecule has 0 spiro atoms. The van der Waals surface area contributed by atoms with Gasteiger partial charge < -0.3 is 23.7 Å². The number of morpholine rings is 1. The van der Waals surface area contributed by atoms with Gasteiger partial charge in [0.05, 0.1) is 23.9 Å². The minimum atomic E-state index is -0.0960. The van der Waals surface area contributed by atoms with Gasteiger partial charge in [0.1, 0.15) is 11.5 Å². The molecule has 7 heteroatoms. The molecule has 156 valence electrons. The Bertz CT molecular complexity index is 685. The average Bonchev–Trinajstić information content (AvgIpc) is 3.25. The van der Waals surface area contributed by atoms with Gasteiger partial charge in [0.15, 0.2) is 0 Å². The Morgan fingerprint density at radius 3 is 2.50 bits per heavy atom. The number of carbonyl (C=O) groups is 2. The van der Waals surface area contributed by atoms with Crippen molar-refractivity contribution in [3.63, 3.8) is 0 Å². The molecule has 28 heavy (non-hydrogen) atoms. The van der Waals surface area contributed by atoms with Gasteiger partial charge in [-0.05, 0) is 46.6 Å². The highest BCUT2D eigenvalue weighted by molar-refractivity contribution is 5.95. The molecule has 0 aliphatic carbocycles. The molecule has 3 atom stereocenters. The molecule has 7 nitrogen and oxygen atoms in total. The molecule has 2 fully saturated rings. The van der Waals surface area contributed by atoms with E-state index in [-0.39, 0.29) is 30.1 Å².